The van der Waals surface area contributed by atoms with Crippen LogP contribution in [0.2, 0.25) is 0 Å². The van der Waals surface area contributed by atoms with E-state index in [0.717, 1.165) is 16.1 Å². The van der Waals surface area contributed by atoms with Crippen molar-refractivity contribution >= 4 is 43.5 Å². The molecule has 9 heteroatoms. The number of carbonyl (C=O) groups excluding carboxylic acids is 2. The summed E-state index contributed by atoms with van der Waals surface area (Å²) >= 11 is 3.38. The summed E-state index contributed by atoms with van der Waals surface area (Å²) in [4.78, 5) is 27.9. The van der Waals surface area contributed by atoms with Gasteiger partial charge in [0.05, 0.1) is 11.9 Å². The van der Waals surface area contributed by atoms with Crippen LogP contribution in [0.4, 0.5) is 5.69 Å². The molecule has 7 nitrogen and oxygen atoms in total. The van der Waals surface area contributed by atoms with Crippen LogP contribution in [0.15, 0.2) is 59.1 Å². The molecule has 0 heterocycles. The summed E-state index contributed by atoms with van der Waals surface area (Å²) in [6.45, 7) is 5.45. The van der Waals surface area contributed by atoms with Gasteiger partial charge in [0, 0.05) is 17.1 Å². The van der Waals surface area contributed by atoms with Crippen molar-refractivity contribution in [3.05, 3.63) is 64.6 Å². The van der Waals surface area contributed by atoms with E-state index in [4.69, 9.17) is 0 Å². The van der Waals surface area contributed by atoms with Gasteiger partial charge in [-0.3, -0.25) is 13.9 Å². The topological polar surface area (TPSA) is 86.8 Å². The van der Waals surface area contributed by atoms with Crippen LogP contribution < -0.4 is 9.62 Å². The van der Waals surface area contributed by atoms with Gasteiger partial charge in [0.2, 0.25) is 21.8 Å². The molecule has 2 aromatic rings. The summed E-state index contributed by atoms with van der Waals surface area (Å²) < 4.78 is 26.8. The highest BCUT2D eigenvalue weighted by Gasteiger charge is 2.32. The molecule has 0 radical (unpaired) electrons. The van der Waals surface area contributed by atoms with Gasteiger partial charge in [0.1, 0.15) is 12.6 Å². The Morgan fingerprint density at radius 2 is 1.64 bits per heavy atom. The zero-order valence-electron chi connectivity index (χ0n) is 19.5. The number of hydrogen-bond donors (Lipinski definition) is 1. The van der Waals surface area contributed by atoms with Crippen molar-refractivity contribution in [2.45, 2.75) is 45.7 Å². The molecule has 0 bridgehead atoms. The van der Waals surface area contributed by atoms with Gasteiger partial charge in [-0.2, -0.15) is 0 Å². The minimum Gasteiger partial charge on any atom is -0.352 e. The number of carbonyl (C=O) groups is 2. The second-order valence-corrected chi connectivity index (χ2v) is 10.9. The minimum atomic E-state index is -3.75. The van der Waals surface area contributed by atoms with Gasteiger partial charge in [-0.15, -0.1) is 0 Å². The lowest BCUT2D eigenvalue weighted by Gasteiger charge is -2.33. The minimum absolute atomic E-state index is 0.0783. The average Bonchev–Trinajstić information content (AvgIpc) is 2.74. The summed E-state index contributed by atoms with van der Waals surface area (Å²) in [7, 11) is -3.75. The summed E-state index contributed by atoms with van der Waals surface area (Å²) in [5.41, 5.74) is 1.40. The van der Waals surface area contributed by atoms with Crippen LogP contribution in [0.25, 0.3) is 0 Å². The van der Waals surface area contributed by atoms with E-state index in [-0.39, 0.29) is 11.9 Å². The van der Waals surface area contributed by atoms with Gasteiger partial charge in [0.15, 0.2) is 0 Å². The number of hydrogen-bond acceptors (Lipinski definition) is 4. The normalized spacial score (nSPS) is 12.3. The number of nitrogens with one attached hydrogen (secondary N) is 1. The summed E-state index contributed by atoms with van der Waals surface area (Å²) in [6, 6.07) is 15.7. The molecule has 2 amide bonds. The average molecular weight is 539 g/mol. The SMILES string of the molecule is CC[C@H](C(=O)NC(C)C)N(CCc1ccccc1)C(=O)CN(c1ccccc1Br)S(C)(=O)=O. The Bertz CT molecular complexity index is 1040. The van der Waals surface area contributed by atoms with Gasteiger partial charge >= 0.3 is 0 Å². The smallest absolute Gasteiger partial charge is 0.244 e. The number of para-hydroxylation sites is 1. The van der Waals surface area contributed by atoms with Crippen LogP contribution in [0.1, 0.15) is 32.8 Å². The van der Waals surface area contributed by atoms with Gasteiger partial charge in [-0.25, -0.2) is 8.42 Å². The number of benzene rings is 2. The third-order valence-electron chi connectivity index (χ3n) is 5.10. The number of rotatable bonds is 11. The summed E-state index contributed by atoms with van der Waals surface area (Å²) in [5, 5.41) is 2.88. The lowest BCUT2D eigenvalue weighted by atomic mass is 10.1. The van der Waals surface area contributed by atoms with E-state index >= 15 is 0 Å². The number of halogens is 1. The lowest BCUT2D eigenvalue weighted by Crippen LogP contribution is -2.54. The van der Waals surface area contributed by atoms with Crippen molar-refractivity contribution in [2.75, 3.05) is 23.7 Å². The van der Waals surface area contributed by atoms with Crippen LogP contribution in [-0.4, -0.2) is 56.6 Å². The van der Waals surface area contributed by atoms with E-state index in [9.17, 15) is 18.0 Å². The molecule has 1 atom stereocenters. The van der Waals surface area contributed by atoms with E-state index in [2.05, 4.69) is 21.2 Å². The van der Waals surface area contributed by atoms with Crippen molar-refractivity contribution in [3.63, 3.8) is 0 Å². The predicted molar refractivity (Wildman–Crippen MR) is 136 cm³/mol. The van der Waals surface area contributed by atoms with Crippen LogP contribution in [-0.2, 0) is 26.0 Å². The van der Waals surface area contributed by atoms with E-state index in [1.165, 1.54) is 4.90 Å². The fraction of sp³-hybridized carbons (Fsp3) is 0.417. The molecule has 0 saturated heterocycles. The fourth-order valence-corrected chi connectivity index (χ4v) is 5.00. The molecular formula is C24H32BrN3O4S. The van der Waals surface area contributed by atoms with Crippen molar-refractivity contribution < 1.29 is 18.0 Å². The predicted octanol–water partition coefficient (Wildman–Crippen LogP) is 3.59. The second-order valence-electron chi connectivity index (χ2n) is 8.13. The molecule has 2 aromatic carbocycles. The Labute approximate surface area is 205 Å². The highest BCUT2D eigenvalue weighted by atomic mass is 79.9. The first-order chi connectivity index (χ1) is 15.5. The third-order valence-corrected chi connectivity index (χ3v) is 6.90. The van der Waals surface area contributed by atoms with Crippen LogP contribution in [0.3, 0.4) is 0 Å². The molecule has 2 rings (SSSR count). The summed E-state index contributed by atoms with van der Waals surface area (Å²) in [6.07, 6.45) is 2.02. The molecular weight excluding hydrogens is 506 g/mol. The number of sulfonamides is 1. The van der Waals surface area contributed by atoms with E-state index in [1.807, 2.05) is 51.1 Å². The molecule has 180 valence electrons. The maximum Gasteiger partial charge on any atom is 0.244 e. The van der Waals surface area contributed by atoms with E-state index in [1.54, 1.807) is 24.3 Å². The lowest BCUT2D eigenvalue weighted by molar-refractivity contribution is -0.139. The fourth-order valence-electron chi connectivity index (χ4n) is 3.53. The van der Waals surface area contributed by atoms with Crippen molar-refractivity contribution in [2.24, 2.45) is 0 Å². The Balaban J connectivity index is 2.37. The molecule has 1 N–H and O–H groups in total. The van der Waals surface area contributed by atoms with E-state index in [0.29, 0.717) is 29.5 Å². The Kier molecular flexibility index (Phi) is 9.91. The maximum atomic E-state index is 13.5. The largest absolute Gasteiger partial charge is 0.352 e. The Hall–Kier alpha value is -2.39. The highest BCUT2D eigenvalue weighted by molar-refractivity contribution is 9.10. The molecule has 0 aliphatic carbocycles. The highest BCUT2D eigenvalue weighted by Crippen LogP contribution is 2.27. The Morgan fingerprint density at radius 3 is 2.18 bits per heavy atom. The van der Waals surface area contributed by atoms with Gasteiger partial charge in [-0.05, 0) is 60.3 Å². The van der Waals surface area contributed by atoms with Crippen molar-refractivity contribution in [1.82, 2.24) is 10.2 Å². The molecule has 0 aromatic heterocycles. The number of anilines is 1. The van der Waals surface area contributed by atoms with Crippen molar-refractivity contribution in [3.8, 4) is 0 Å². The van der Waals surface area contributed by atoms with Crippen molar-refractivity contribution in [1.29, 1.82) is 0 Å². The Morgan fingerprint density at radius 1 is 1.03 bits per heavy atom. The zero-order valence-corrected chi connectivity index (χ0v) is 21.9. The van der Waals surface area contributed by atoms with Crippen LogP contribution >= 0.6 is 15.9 Å². The zero-order chi connectivity index (χ0) is 24.6. The molecule has 0 aliphatic heterocycles. The molecule has 0 unspecified atom stereocenters. The van der Waals surface area contributed by atoms with Gasteiger partial charge in [0.25, 0.3) is 0 Å². The van der Waals surface area contributed by atoms with E-state index < -0.39 is 28.5 Å². The van der Waals surface area contributed by atoms with Crippen LogP contribution in [0, 0.1) is 0 Å². The first-order valence-corrected chi connectivity index (χ1v) is 13.5. The molecule has 0 spiro atoms. The standard InChI is InChI=1S/C24H32BrN3O4S/c1-5-21(24(30)26-18(2)3)27(16-15-19-11-7-6-8-12-19)23(29)17-28(33(4,31)32)22-14-10-9-13-20(22)25/h6-14,18,21H,5,15-17H2,1-4H3,(H,26,30)/t21-/m1/s1. The molecule has 0 saturated carbocycles. The monoisotopic (exact) mass is 537 g/mol. The maximum absolute atomic E-state index is 13.5. The molecule has 0 fully saturated rings. The van der Waals surface area contributed by atoms with Gasteiger partial charge < -0.3 is 10.2 Å². The third kappa shape index (κ3) is 7.85. The second kappa shape index (κ2) is 12.2. The first kappa shape index (κ1) is 26.9. The molecule has 33 heavy (non-hydrogen) atoms. The first-order valence-electron chi connectivity index (χ1n) is 10.9. The molecule has 0 aliphatic rings. The quantitative estimate of drug-likeness (QED) is 0.474. The summed E-state index contributed by atoms with van der Waals surface area (Å²) in [5.74, 6) is -0.682. The number of amides is 2. The van der Waals surface area contributed by atoms with Crippen LogP contribution in [0.5, 0.6) is 0 Å². The number of nitrogens with zero attached hydrogens (tertiary/aromatic N) is 2. The van der Waals surface area contributed by atoms with Gasteiger partial charge in [-0.1, -0.05) is 49.4 Å².